The van der Waals surface area contributed by atoms with E-state index in [9.17, 15) is 0 Å². The van der Waals surface area contributed by atoms with E-state index in [4.69, 9.17) is 15.7 Å². The molecule has 3 rings (SSSR count). The van der Waals surface area contributed by atoms with Crippen LogP contribution in [0.1, 0.15) is 5.56 Å². The van der Waals surface area contributed by atoms with Crippen LogP contribution < -0.4 is 10.5 Å². The van der Waals surface area contributed by atoms with Crippen molar-refractivity contribution in [2.75, 3.05) is 5.73 Å². The van der Waals surface area contributed by atoms with Crippen LogP contribution in [0.4, 0.5) is 5.69 Å². The molecule has 0 amide bonds. The summed E-state index contributed by atoms with van der Waals surface area (Å²) < 4.78 is 5.76. The molecule has 0 bridgehead atoms. The van der Waals surface area contributed by atoms with Crippen LogP contribution in [0.3, 0.4) is 0 Å². The van der Waals surface area contributed by atoms with Gasteiger partial charge in [0.15, 0.2) is 5.75 Å². The molecular formula is C16H11N3O. The predicted octanol–water partition coefficient (Wildman–Crippen LogP) is 3.48. The molecule has 3 aromatic rings. The Hall–Kier alpha value is -3.06. The molecule has 0 fully saturated rings. The van der Waals surface area contributed by atoms with Crippen LogP contribution in [-0.2, 0) is 0 Å². The molecule has 1 heterocycles. The van der Waals surface area contributed by atoms with E-state index < -0.39 is 0 Å². The Labute approximate surface area is 116 Å². The van der Waals surface area contributed by atoms with Gasteiger partial charge in [-0.15, -0.1) is 0 Å². The summed E-state index contributed by atoms with van der Waals surface area (Å²) in [7, 11) is 0. The van der Waals surface area contributed by atoms with Crippen LogP contribution in [-0.4, -0.2) is 4.98 Å². The second kappa shape index (κ2) is 4.90. The van der Waals surface area contributed by atoms with Crippen LogP contribution in [0, 0.1) is 11.3 Å². The summed E-state index contributed by atoms with van der Waals surface area (Å²) in [5.41, 5.74) is 8.01. The van der Waals surface area contributed by atoms with E-state index in [2.05, 4.69) is 11.1 Å². The SMILES string of the molecule is N#Cc1cccc(Oc2ccc3ncccc3c2N)c1. The number of nitrogens with zero attached hydrogens (tertiary/aromatic N) is 2. The number of hydrogen-bond donors (Lipinski definition) is 1. The Morgan fingerprint density at radius 3 is 2.85 bits per heavy atom. The minimum Gasteiger partial charge on any atom is -0.455 e. The van der Waals surface area contributed by atoms with Crippen molar-refractivity contribution in [2.45, 2.75) is 0 Å². The Balaban J connectivity index is 2.02. The Kier molecular flexibility index (Phi) is 2.94. The number of rotatable bonds is 2. The van der Waals surface area contributed by atoms with E-state index in [0.29, 0.717) is 22.7 Å². The number of pyridine rings is 1. The van der Waals surface area contributed by atoms with Crippen molar-refractivity contribution < 1.29 is 4.74 Å². The Bertz CT molecular complexity index is 821. The maximum absolute atomic E-state index is 8.89. The quantitative estimate of drug-likeness (QED) is 0.717. The maximum atomic E-state index is 8.89. The Morgan fingerprint density at radius 1 is 1.10 bits per heavy atom. The second-order valence-corrected chi connectivity index (χ2v) is 4.29. The van der Waals surface area contributed by atoms with Gasteiger partial charge in [-0.1, -0.05) is 6.07 Å². The molecule has 2 N–H and O–H groups in total. The molecule has 96 valence electrons. The number of aromatic nitrogens is 1. The van der Waals surface area contributed by atoms with Crippen LogP contribution in [0.15, 0.2) is 54.7 Å². The largest absolute Gasteiger partial charge is 0.455 e. The first-order chi connectivity index (χ1) is 9.78. The van der Waals surface area contributed by atoms with E-state index in [1.807, 2.05) is 18.2 Å². The molecule has 4 heteroatoms. The highest BCUT2D eigenvalue weighted by molar-refractivity contribution is 5.93. The van der Waals surface area contributed by atoms with Gasteiger partial charge >= 0.3 is 0 Å². The molecule has 1 aromatic heterocycles. The van der Waals surface area contributed by atoms with Crippen LogP contribution in [0.5, 0.6) is 11.5 Å². The molecule has 0 aliphatic carbocycles. The summed E-state index contributed by atoms with van der Waals surface area (Å²) in [4.78, 5) is 4.24. The fourth-order valence-corrected chi connectivity index (χ4v) is 2.00. The van der Waals surface area contributed by atoms with Gasteiger partial charge in [0.2, 0.25) is 0 Å². The molecule has 20 heavy (non-hydrogen) atoms. The molecule has 0 saturated carbocycles. The lowest BCUT2D eigenvalue weighted by atomic mass is 10.1. The minimum absolute atomic E-state index is 0.540. The van der Waals surface area contributed by atoms with Crippen LogP contribution in [0.2, 0.25) is 0 Å². The average molecular weight is 261 g/mol. The highest BCUT2D eigenvalue weighted by Gasteiger charge is 2.07. The number of nitriles is 1. The standard InChI is InChI=1S/C16H11N3O/c17-10-11-3-1-4-12(9-11)20-15-7-6-14-13(16(15)18)5-2-8-19-14/h1-9H,18H2. The van der Waals surface area contributed by atoms with Gasteiger partial charge < -0.3 is 10.5 Å². The molecular weight excluding hydrogens is 250 g/mol. The zero-order chi connectivity index (χ0) is 13.9. The topological polar surface area (TPSA) is 71.9 Å². The summed E-state index contributed by atoms with van der Waals surface area (Å²) in [6.07, 6.45) is 1.72. The Morgan fingerprint density at radius 2 is 2.00 bits per heavy atom. The lowest BCUT2D eigenvalue weighted by Crippen LogP contribution is -1.94. The summed E-state index contributed by atoms with van der Waals surface area (Å²) in [5, 5.41) is 9.73. The number of nitrogen functional groups attached to an aromatic ring is 1. The van der Waals surface area contributed by atoms with E-state index in [1.165, 1.54) is 0 Å². The number of hydrogen-bond acceptors (Lipinski definition) is 4. The molecule has 4 nitrogen and oxygen atoms in total. The molecule has 2 aromatic carbocycles. The monoisotopic (exact) mass is 261 g/mol. The highest BCUT2D eigenvalue weighted by Crippen LogP contribution is 2.33. The summed E-state index contributed by atoms with van der Waals surface area (Å²) in [6, 6.07) is 16.4. The normalized spacial score (nSPS) is 10.2. The van der Waals surface area contributed by atoms with E-state index >= 15 is 0 Å². The predicted molar refractivity (Wildman–Crippen MR) is 77.4 cm³/mol. The third kappa shape index (κ3) is 2.13. The summed E-state index contributed by atoms with van der Waals surface area (Å²) >= 11 is 0. The number of ether oxygens (including phenoxy) is 1. The van der Waals surface area contributed by atoms with Gasteiger partial charge in [0.05, 0.1) is 22.8 Å². The summed E-state index contributed by atoms with van der Waals surface area (Å²) in [5.74, 6) is 1.14. The van der Waals surface area contributed by atoms with E-state index in [-0.39, 0.29) is 0 Å². The van der Waals surface area contributed by atoms with E-state index in [1.54, 1.807) is 36.5 Å². The first-order valence-electron chi connectivity index (χ1n) is 6.09. The van der Waals surface area contributed by atoms with E-state index in [0.717, 1.165) is 10.9 Å². The van der Waals surface area contributed by atoms with Crippen LogP contribution in [0.25, 0.3) is 10.9 Å². The number of fused-ring (bicyclic) bond motifs is 1. The first-order valence-corrected chi connectivity index (χ1v) is 6.09. The zero-order valence-corrected chi connectivity index (χ0v) is 10.6. The van der Waals surface area contributed by atoms with Crippen LogP contribution >= 0.6 is 0 Å². The van der Waals surface area contributed by atoms with Crippen molar-refractivity contribution in [3.05, 3.63) is 60.3 Å². The van der Waals surface area contributed by atoms with Gasteiger partial charge in [0.1, 0.15) is 5.75 Å². The number of benzene rings is 2. The average Bonchev–Trinajstić information content (AvgIpc) is 2.50. The van der Waals surface area contributed by atoms with Crippen molar-refractivity contribution in [2.24, 2.45) is 0 Å². The number of nitrogens with two attached hydrogens (primary N) is 1. The molecule has 0 aliphatic rings. The van der Waals surface area contributed by atoms with Crippen molar-refractivity contribution in [1.82, 2.24) is 4.98 Å². The molecule has 0 radical (unpaired) electrons. The zero-order valence-electron chi connectivity index (χ0n) is 10.6. The third-order valence-electron chi connectivity index (χ3n) is 2.98. The van der Waals surface area contributed by atoms with Gasteiger partial charge in [-0.05, 0) is 42.5 Å². The van der Waals surface area contributed by atoms with Crippen molar-refractivity contribution in [1.29, 1.82) is 5.26 Å². The lowest BCUT2D eigenvalue weighted by Gasteiger charge is -2.10. The minimum atomic E-state index is 0.540. The van der Waals surface area contributed by atoms with Gasteiger partial charge in [-0.3, -0.25) is 4.98 Å². The third-order valence-corrected chi connectivity index (χ3v) is 2.98. The fourth-order valence-electron chi connectivity index (χ4n) is 2.00. The smallest absolute Gasteiger partial charge is 0.151 e. The van der Waals surface area contributed by atoms with Gasteiger partial charge in [0, 0.05) is 11.6 Å². The number of anilines is 1. The molecule has 0 atom stereocenters. The van der Waals surface area contributed by atoms with Crippen molar-refractivity contribution in [3.63, 3.8) is 0 Å². The van der Waals surface area contributed by atoms with Gasteiger partial charge in [-0.25, -0.2) is 0 Å². The molecule has 0 aliphatic heterocycles. The van der Waals surface area contributed by atoms with Crippen molar-refractivity contribution >= 4 is 16.6 Å². The highest BCUT2D eigenvalue weighted by atomic mass is 16.5. The molecule has 0 unspecified atom stereocenters. The maximum Gasteiger partial charge on any atom is 0.151 e. The van der Waals surface area contributed by atoms with Gasteiger partial charge in [0.25, 0.3) is 0 Å². The van der Waals surface area contributed by atoms with Gasteiger partial charge in [-0.2, -0.15) is 5.26 Å². The first kappa shape index (κ1) is 12.0. The molecule has 0 saturated heterocycles. The second-order valence-electron chi connectivity index (χ2n) is 4.29. The van der Waals surface area contributed by atoms with Crippen molar-refractivity contribution in [3.8, 4) is 17.6 Å². The molecule has 0 spiro atoms. The lowest BCUT2D eigenvalue weighted by molar-refractivity contribution is 0.485. The summed E-state index contributed by atoms with van der Waals surface area (Å²) in [6.45, 7) is 0. The fraction of sp³-hybridized carbons (Fsp3) is 0.